The molecule has 8 heteroatoms. The molecule has 1 aliphatic rings. The van der Waals surface area contributed by atoms with Crippen molar-refractivity contribution in [1.29, 1.82) is 0 Å². The van der Waals surface area contributed by atoms with Crippen LogP contribution in [0.2, 0.25) is 0 Å². The van der Waals surface area contributed by atoms with Crippen molar-refractivity contribution < 1.29 is 23.9 Å². The average Bonchev–Trinajstić information content (AvgIpc) is 3.05. The van der Waals surface area contributed by atoms with Crippen molar-refractivity contribution in [2.45, 2.75) is 39.0 Å². The lowest BCUT2D eigenvalue weighted by Gasteiger charge is -2.21. The summed E-state index contributed by atoms with van der Waals surface area (Å²) in [6, 6.07) is 9.00. The predicted molar refractivity (Wildman–Crippen MR) is 103 cm³/mol. The van der Waals surface area contributed by atoms with Crippen LogP contribution in [0, 0.1) is 0 Å². The van der Waals surface area contributed by atoms with E-state index in [1.165, 1.54) is 11.8 Å². The van der Waals surface area contributed by atoms with E-state index < -0.39 is 17.7 Å². The minimum Gasteiger partial charge on any atom is -0.460 e. The summed E-state index contributed by atoms with van der Waals surface area (Å²) in [6.45, 7) is 5.29. The van der Waals surface area contributed by atoms with Crippen molar-refractivity contribution in [3.05, 3.63) is 46.9 Å². The first-order valence-corrected chi connectivity index (χ1v) is 9.53. The van der Waals surface area contributed by atoms with Crippen LogP contribution in [0.4, 0.5) is 4.79 Å². The number of carbonyl (C=O) groups excluding carboxylic acids is 3. The Bertz CT molecular complexity index is 713. The highest BCUT2D eigenvalue weighted by atomic mass is 32.2. The van der Waals surface area contributed by atoms with Gasteiger partial charge in [-0.25, -0.2) is 4.79 Å². The fourth-order valence-electron chi connectivity index (χ4n) is 2.17. The number of hydrogen-bond donors (Lipinski definition) is 2. The Morgan fingerprint density at radius 2 is 1.89 bits per heavy atom. The Morgan fingerprint density at radius 3 is 2.56 bits per heavy atom. The Balaban J connectivity index is 1.72. The number of amides is 2. The quantitative estimate of drug-likeness (QED) is 0.722. The molecule has 0 aromatic heterocycles. The summed E-state index contributed by atoms with van der Waals surface area (Å²) in [6.07, 6.45) is 1.12. The number of thioether (sulfide) groups is 1. The van der Waals surface area contributed by atoms with Crippen LogP contribution in [0.5, 0.6) is 0 Å². The lowest BCUT2D eigenvalue weighted by atomic mass is 10.2. The van der Waals surface area contributed by atoms with Gasteiger partial charge in [-0.1, -0.05) is 30.3 Å². The number of esters is 1. The number of nitrogens with one attached hydrogen (secondary N) is 2. The molecule has 0 unspecified atom stereocenters. The largest absolute Gasteiger partial charge is 0.460 e. The molecule has 2 N–H and O–H groups in total. The number of benzene rings is 1. The van der Waals surface area contributed by atoms with Crippen LogP contribution >= 0.6 is 11.8 Å². The molecule has 0 radical (unpaired) electrons. The molecule has 2 rings (SSSR count). The summed E-state index contributed by atoms with van der Waals surface area (Å²) in [5.41, 5.74) is 0.294. The van der Waals surface area contributed by atoms with Gasteiger partial charge in [-0.05, 0) is 32.4 Å². The third-order valence-electron chi connectivity index (χ3n) is 3.33. The van der Waals surface area contributed by atoms with Crippen LogP contribution in [0.1, 0.15) is 26.3 Å². The predicted octanol–water partition coefficient (Wildman–Crippen LogP) is 2.37. The first kappa shape index (κ1) is 20.8. The fourth-order valence-corrected chi connectivity index (χ4v) is 3.17. The van der Waals surface area contributed by atoms with E-state index in [2.05, 4.69) is 10.6 Å². The molecule has 27 heavy (non-hydrogen) atoms. The zero-order valence-electron chi connectivity index (χ0n) is 15.6. The van der Waals surface area contributed by atoms with E-state index in [4.69, 9.17) is 9.47 Å². The van der Waals surface area contributed by atoms with Crippen LogP contribution in [0.3, 0.4) is 0 Å². The second-order valence-corrected chi connectivity index (χ2v) is 7.99. The molecule has 0 saturated heterocycles. The molecule has 1 heterocycles. The van der Waals surface area contributed by atoms with Gasteiger partial charge in [0.15, 0.2) is 0 Å². The molecule has 1 aromatic rings. The van der Waals surface area contributed by atoms with Crippen LogP contribution in [0.25, 0.3) is 0 Å². The van der Waals surface area contributed by atoms with Crippen LogP contribution in [-0.2, 0) is 25.7 Å². The van der Waals surface area contributed by atoms with Crippen molar-refractivity contribution in [3.8, 4) is 0 Å². The van der Waals surface area contributed by atoms with Crippen molar-refractivity contribution in [1.82, 2.24) is 10.6 Å². The van der Waals surface area contributed by atoms with Gasteiger partial charge >= 0.3 is 12.1 Å². The Labute approximate surface area is 162 Å². The lowest BCUT2D eigenvalue weighted by molar-refractivity contribution is -0.144. The van der Waals surface area contributed by atoms with Gasteiger partial charge in [0.25, 0.3) is 5.91 Å². The smallest absolute Gasteiger partial charge is 0.408 e. The lowest BCUT2D eigenvalue weighted by Crippen LogP contribution is -2.38. The Kier molecular flexibility index (Phi) is 7.29. The van der Waals surface area contributed by atoms with Crippen LogP contribution in [-0.4, -0.2) is 41.9 Å². The normalized spacial score (nSPS) is 16.3. The number of ether oxygens (including phenoxy) is 2. The second kappa shape index (κ2) is 9.45. The molecule has 0 fully saturated rings. The maximum absolute atomic E-state index is 12.1. The van der Waals surface area contributed by atoms with Crippen LogP contribution < -0.4 is 10.6 Å². The average molecular weight is 392 g/mol. The molecule has 1 aromatic carbocycles. The summed E-state index contributed by atoms with van der Waals surface area (Å²) in [7, 11) is 0. The van der Waals surface area contributed by atoms with E-state index >= 15 is 0 Å². The van der Waals surface area contributed by atoms with Crippen molar-refractivity contribution >= 4 is 29.7 Å². The molecule has 0 aliphatic carbocycles. The van der Waals surface area contributed by atoms with E-state index in [0.29, 0.717) is 10.7 Å². The molecular formula is C19H24N2O5S. The molecule has 1 atom stereocenters. The fraction of sp³-hybridized carbons (Fsp3) is 0.421. The minimum atomic E-state index is -0.583. The van der Waals surface area contributed by atoms with Gasteiger partial charge < -0.3 is 20.1 Å². The van der Waals surface area contributed by atoms with E-state index in [1.54, 1.807) is 26.8 Å². The number of carbonyl (C=O) groups is 3. The highest BCUT2D eigenvalue weighted by Gasteiger charge is 2.25. The van der Waals surface area contributed by atoms with Gasteiger partial charge in [0.1, 0.15) is 18.8 Å². The van der Waals surface area contributed by atoms with Gasteiger partial charge in [-0.15, -0.1) is 11.8 Å². The molecule has 7 nitrogen and oxygen atoms in total. The van der Waals surface area contributed by atoms with Crippen molar-refractivity contribution in [2.24, 2.45) is 0 Å². The van der Waals surface area contributed by atoms with Gasteiger partial charge in [0.05, 0.1) is 10.9 Å². The molecule has 1 aliphatic heterocycles. The highest BCUT2D eigenvalue weighted by Crippen LogP contribution is 2.25. The first-order valence-electron chi connectivity index (χ1n) is 8.55. The van der Waals surface area contributed by atoms with Gasteiger partial charge in [0.2, 0.25) is 0 Å². The molecule has 0 spiro atoms. The Hall–Kier alpha value is -2.48. The highest BCUT2D eigenvalue weighted by molar-refractivity contribution is 8.04. The number of hydrogen-bond acceptors (Lipinski definition) is 6. The van der Waals surface area contributed by atoms with E-state index in [9.17, 15) is 14.4 Å². The number of rotatable bonds is 6. The molecule has 0 bridgehead atoms. The topological polar surface area (TPSA) is 93.7 Å². The summed E-state index contributed by atoms with van der Waals surface area (Å²) in [5.74, 6) is -0.357. The monoisotopic (exact) mass is 392 g/mol. The van der Waals surface area contributed by atoms with E-state index in [-0.39, 0.29) is 25.1 Å². The summed E-state index contributed by atoms with van der Waals surface area (Å²) in [5, 5.41) is 5.22. The molecular weight excluding hydrogens is 368 g/mol. The number of alkyl carbamates (subject to hydrolysis) is 1. The van der Waals surface area contributed by atoms with Crippen molar-refractivity contribution in [2.75, 3.05) is 12.3 Å². The SMILES string of the molecule is CC(C)(C)OC(=O)N[C@@H]1C=C(C(=O)NCC(=O)OCc2ccccc2)SC1. The first-order chi connectivity index (χ1) is 12.7. The molecule has 2 amide bonds. The third kappa shape index (κ3) is 7.74. The van der Waals surface area contributed by atoms with Gasteiger partial charge in [-0.3, -0.25) is 9.59 Å². The maximum Gasteiger partial charge on any atom is 0.408 e. The Morgan fingerprint density at radius 1 is 1.19 bits per heavy atom. The van der Waals surface area contributed by atoms with Gasteiger partial charge in [-0.2, -0.15) is 0 Å². The summed E-state index contributed by atoms with van der Waals surface area (Å²) >= 11 is 1.31. The second-order valence-electron chi connectivity index (χ2n) is 6.92. The summed E-state index contributed by atoms with van der Waals surface area (Å²) < 4.78 is 10.3. The van der Waals surface area contributed by atoms with Crippen LogP contribution in [0.15, 0.2) is 41.3 Å². The summed E-state index contributed by atoms with van der Waals surface area (Å²) in [4.78, 5) is 36.1. The zero-order valence-corrected chi connectivity index (χ0v) is 16.4. The van der Waals surface area contributed by atoms with E-state index in [0.717, 1.165) is 5.56 Å². The van der Waals surface area contributed by atoms with E-state index in [1.807, 2.05) is 30.3 Å². The van der Waals surface area contributed by atoms with Crippen molar-refractivity contribution in [3.63, 3.8) is 0 Å². The van der Waals surface area contributed by atoms with Gasteiger partial charge in [0, 0.05) is 5.75 Å². The third-order valence-corrected chi connectivity index (χ3v) is 4.49. The standard InChI is InChI=1S/C19H24N2O5S/c1-19(2,3)26-18(24)21-14-9-15(27-12-14)17(23)20-10-16(22)25-11-13-7-5-4-6-8-13/h4-9,14H,10-12H2,1-3H3,(H,20,23)(H,21,24)/t14-/m1/s1. The molecule has 0 saturated carbocycles. The minimum absolute atomic E-state index is 0.162. The zero-order chi connectivity index (χ0) is 19.9. The molecule has 146 valence electrons. The maximum atomic E-state index is 12.1.